The molecule has 0 radical (unpaired) electrons. The van der Waals surface area contributed by atoms with Crippen LogP contribution in [0.3, 0.4) is 0 Å². The van der Waals surface area contributed by atoms with Crippen LogP contribution in [0, 0.1) is 5.92 Å². The van der Waals surface area contributed by atoms with Crippen molar-refractivity contribution in [1.82, 2.24) is 4.90 Å². The normalized spacial score (nSPS) is 17.5. The van der Waals surface area contributed by atoms with Crippen LogP contribution in [0.1, 0.15) is 70.4 Å². The van der Waals surface area contributed by atoms with E-state index in [1.807, 2.05) is 0 Å². The van der Waals surface area contributed by atoms with Crippen molar-refractivity contribution in [3.63, 3.8) is 0 Å². The molecule has 0 unspecified atom stereocenters. The van der Waals surface area contributed by atoms with Crippen LogP contribution in [-0.2, 0) is 6.42 Å². The molecular weight excluding hydrogens is 346 g/mol. The quantitative estimate of drug-likeness (QED) is 0.626. The van der Waals surface area contributed by atoms with E-state index in [9.17, 15) is 9.59 Å². The smallest absolute Gasteiger partial charge is 0.261 e. The second kappa shape index (κ2) is 8.55. The van der Waals surface area contributed by atoms with Crippen LogP contribution >= 0.6 is 0 Å². The van der Waals surface area contributed by atoms with Crippen LogP contribution < -0.4 is 0 Å². The molecule has 2 aromatic carbocycles. The summed E-state index contributed by atoms with van der Waals surface area (Å²) in [6, 6.07) is 15.7. The fourth-order valence-corrected chi connectivity index (χ4v) is 4.31. The first-order chi connectivity index (χ1) is 13.7. The molecule has 1 heterocycles. The number of hydrogen-bond acceptors (Lipinski definition) is 2. The summed E-state index contributed by atoms with van der Waals surface area (Å²) in [5, 5.41) is 0. The standard InChI is InChI=1S/C25H27NO2/c27-24-22-13-4-5-14-23(22)25(28)26(24)17-7-12-20-10-6-11-21(18-20)16-15-19-8-2-1-3-9-19/h4-6,10-11,13-16,18-19H,1-3,7-9,12,17H2/b16-15+. The molecule has 2 amide bonds. The molecule has 0 spiro atoms. The van der Waals surface area contributed by atoms with Crippen molar-refractivity contribution < 1.29 is 9.59 Å². The van der Waals surface area contributed by atoms with E-state index in [1.54, 1.807) is 24.3 Å². The summed E-state index contributed by atoms with van der Waals surface area (Å²) in [6.07, 6.45) is 13.0. The first-order valence-electron chi connectivity index (χ1n) is 10.4. The monoisotopic (exact) mass is 373 g/mol. The molecule has 2 aliphatic rings. The van der Waals surface area contributed by atoms with Gasteiger partial charge in [0.2, 0.25) is 0 Å². The van der Waals surface area contributed by atoms with E-state index in [1.165, 1.54) is 48.1 Å². The number of aryl methyl sites for hydroxylation is 1. The fraction of sp³-hybridized carbons (Fsp3) is 0.360. The Morgan fingerprint density at radius 3 is 2.32 bits per heavy atom. The Labute approximate surface area is 167 Å². The molecule has 0 N–H and O–H groups in total. The minimum Gasteiger partial charge on any atom is -0.274 e. The number of carbonyl (C=O) groups excluding carboxylic acids is 2. The third-order valence-electron chi connectivity index (χ3n) is 5.89. The van der Waals surface area contributed by atoms with Gasteiger partial charge >= 0.3 is 0 Å². The van der Waals surface area contributed by atoms with Crippen LogP contribution in [0.25, 0.3) is 6.08 Å². The van der Waals surface area contributed by atoms with E-state index in [4.69, 9.17) is 0 Å². The van der Waals surface area contributed by atoms with Gasteiger partial charge in [0.25, 0.3) is 11.8 Å². The second-order valence-corrected chi connectivity index (χ2v) is 7.91. The molecule has 0 aromatic heterocycles. The van der Waals surface area contributed by atoms with Gasteiger partial charge in [0.05, 0.1) is 11.1 Å². The summed E-state index contributed by atoms with van der Waals surface area (Å²) in [6.45, 7) is 0.467. The molecule has 3 heteroatoms. The molecule has 0 saturated heterocycles. The molecular formula is C25H27NO2. The van der Waals surface area contributed by atoms with Gasteiger partial charge in [0, 0.05) is 6.54 Å². The van der Waals surface area contributed by atoms with Gasteiger partial charge in [0.15, 0.2) is 0 Å². The fourth-order valence-electron chi connectivity index (χ4n) is 4.31. The predicted octanol–water partition coefficient (Wildman–Crippen LogP) is 5.51. The van der Waals surface area contributed by atoms with E-state index in [2.05, 4.69) is 36.4 Å². The van der Waals surface area contributed by atoms with Crippen molar-refractivity contribution in [2.45, 2.75) is 44.9 Å². The molecule has 4 rings (SSSR count). The Bertz CT molecular complexity index is 858. The van der Waals surface area contributed by atoms with Gasteiger partial charge in [-0.25, -0.2) is 0 Å². The van der Waals surface area contributed by atoms with Crippen molar-refractivity contribution >= 4 is 17.9 Å². The number of carbonyl (C=O) groups is 2. The van der Waals surface area contributed by atoms with Crippen molar-refractivity contribution in [1.29, 1.82) is 0 Å². The molecule has 144 valence electrons. The van der Waals surface area contributed by atoms with Gasteiger partial charge in [-0.1, -0.05) is 67.8 Å². The summed E-state index contributed by atoms with van der Waals surface area (Å²) in [7, 11) is 0. The maximum Gasteiger partial charge on any atom is 0.261 e. The van der Waals surface area contributed by atoms with Crippen molar-refractivity contribution in [2.75, 3.05) is 6.54 Å². The van der Waals surface area contributed by atoms with Gasteiger partial charge in [0.1, 0.15) is 0 Å². The Morgan fingerprint density at radius 2 is 1.61 bits per heavy atom. The van der Waals surface area contributed by atoms with Gasteiger partial charge in [-0.2, -0.15) is 0 Å². The number of amides is 2. The Morgan fingerprint density at radius 1 is 0.893 bits per heavy atom. The molecule has 0 bridgehead atoms. The number of fused-ring (bicyclic) bond motifs is 1. The van der Waals surface area contributed by atoms with Crippen molar-refractivity contribution in [3.8, 4) is 0 Å². The maximum absolute atomic E-state index is 12.4. The van der Waals surface area contributed by atoms with E-state index in [0.29, 0.717) is 17.7 Å². The largest absolute Gasteiger partial charge is 0.274 e. The van der Waals surface area contributed by atoms with Crippen LogP contribution in [0.15, 0.2) is 54.6 Å². The molecule has 0 atom stereocenters. The zero-order valence-corrected chi connectivity index (χ0v) is 16.3. The lowest BCUT2D eigenvalue weighted by Crippen LogP contribution is -2.30. The van der Waals surface area contributed by atoms with Crippen molar-refractivity contribution in [3.05, 3.63) is 76.9 Å². The molecule has 1 saturated carbocycles. The highest BCUT2D eigenvalue weighted by atomic mass is 16.2. The molecule has 28 heavy (non-hydrogen) atoms. The Kier molecular flexibility index (Phi) is 5.70. The number of imide groups is 1. The molecule has 3 nitrogen and oxygen atoms in total. The lowest BCUT2D eigenvalue weighted by Gasteiger charge is -2.17. The van der Waals surface area contributed by atoms with E-state index in [0.717, 1.165) is 18.8 Å². The van der Waals surface area contributed by atoms with E-state index >= 15 is 0 Å². The molecule has 1 aliphatic carbocycles. The minimum atomic E-state index is -0.162. The van der Waals surface area contributed by atoms with Gasteiger partial charge in [-0.15, -0.1) is 0 Å². The zero-order valence-electron chi connectivity index (χ0n) is 16.3. The van der Waals surface area contributed by atoms with Crippen LogP contribution in [0.5, 0.6) is 0 Å². The van der Waals surface area contributed by atoms with Crippen LogP contribution in [0.4, 0.5) is 0 Å². The van der Waals surface area contributed by atoms with Crippen LogP contribution in [-0.4, -0.2) is 23.3 Å². The first kappa shape index (κ1) is 18.7. The zero-order chi connectivity index (χ0) is 19.3. The summed E-state index contributed by atoms with van der Waals surface area (Å²) in [5.74, 6) is 0.403. The number of nitrogens with zero attached hydrogens (tertiary/aromatic N) is 1. The van der Waals surface area contributed by atoms with Gasteiger partial charge in [-0.3, -0.25) is 14.5 Å². The lowest BCUT2D eigenvalue weighted by atomic mass is 9.88. The first-order valence-corrected chi connectivity index (χ1v) is 10.4. The number of hydrogen-bond donors (Lipinski definition) is 0. The summed E-state index contributed by atoms with van der Waals surface area (Å²) in [5.41, 5.74) is 3.55. The number of benzene rings is 2. The lowest BCUT2D eigenvalue weighted by molar-refractivity contribution is 0.0652. The number of rotatable bonds is 6. The Balaban J connectivity index is 1.33. The van der Waals surface area contributed by atoms with Gasteiger partial charge < -0.3 is 0 Å². The molecule has 1 aliphatic heterocycles. The summed E-state index contributed by atoms with van der Waals surface area (Å²) < 4.78 is 0. The molecule has 2 aromatic rings. The minimum absolute atomic E-state index is 0.162. The Hall–Kier alpha value is -2.68. The average Bonchev–Trinajstić information content (AvgIpc) is 2.98. The highest BCUT2D eigenvalue weighted by molar-refractivity contribution is 6.21. The van der Waals surface area contributed by atoms with E-state index < -0.39 is 0 Å². The highest BCUT2D eigenvalue weighted by Gasteiger charge is 2.34. The summed E-state index contributed by atoms with van der Waals surface area (Å²) in [4.78, 5) is 26.3. The SMILES string of the molecule is O=C1c2ccccc2C(=O)N1CCCc1cccc(/C=C/C2CCCCC2)c1. The average molecular weight is 373 g/mol. The topological polar surface area (TPSA) is 37.4 Å². The summed E-state index contributed by atoms with van der Waals surface area (Å²) >= 11 is 0. The second-order valence-electron chi connectivity index (χ2n) is 7.91. The van der Waals surface area contributed by atoms with E-state index in [-0.39, 0.29) is 11.8 Å². The predicted molar refractivity (Wildman–Crippen MR) is 112 cm³/mol. The van der Waals surface area contributed by atoms with Gasteiger partial charge in [-0.05, 0) is 54.9 Å². The third-order valence-corrected chi connectivity index (χ3v) is 5.89. The van der Waals surface area contributed by atoms with Crippen LogP contribution in [0.2, 0.25) is 0 Å². The number of allylic oxidation sites excluding steroid dienone is 1. The highest BCUT2D eigenvalue weighted by Crippen LogP contribution is 2.26. The molecule has 1 fully saturated rings. The maximum atomic E-state index is 12.4. The third kappa shape index (κ3) is 4.09. The van der Waals surface area contributed by atoms with Crippen molar-refractivity contribution in [2.24, 2.45) is 5.92 Å².